The van der Waals surface area contributed by atoms with Gasteiger partial charge in [-0.2, -0.15) is 5.10 Å². The van der Waals surface area contributed by atoms with Crippen LogP contribution in [0.4, 0.5) is 4.39 Å². The van der Waals surface area contributed by atoms with Gasteiger partial charge in [0.05, 0.1) is 0 Å². The number of benzene rings is 1. The lowest BCUT2D eigenvalue weighted by Crippen LogP contribution is -2.25. The summed E-state index contributed by atoms with van der Waals surface area (Å²) in [6, 6.07) is 4.74. The van der Waals surface area contributed by atoms with Gasteiger partial charge in [0.15, 0.2) is 0 Å². The molecule has 0 saturated carbocycles. The zero-order valence-electron chi connectivity index (χ0n) is 11.6. The molecule has 0 amide bonds. The Morgan fingerprint density at radius 2 is 2.20 bits per heavy atom. The third-order valence-electron chi connectivity index (χ3n) is 3.17. The summed E-state index contributed by atoms with van der Waals surface area (Å²) in [5.41, 5.74) is 0.900. The van der Waals surface area contributed by atoms with Gasteiger partial charge in [0.2, 0.25) is 0 Å². The van der Waals surface area contributed by atoms with E-state index in [1.165, 1.54) is 6.07 Å². The van der Waals surface area contributed by atoms with E-state index in [0.29, 0.717) is 6.42 Å². The molecule has 0 bridgehead atoms. The zero-order chi connectivity index (χ0) is 14.5. The van der Waals surface area contributed by atoms with Gasteiger partial charge < -0.3 is 5.32 Å². The second kappa shape index (κ2) is 6.95. The zero-order valence-corrected chi connectivity index (χ0v) is 13.2. The molecule has 2 rings (SSSR count). The van der Waals surface area contributed by atoms with Crippen LogP contribution < -0.4 is 5.32 Å². The Labute approximate surface area is 126 Å². The highest BCUT2D eigenvalue weighted by atomic mass is 79.9. The number of aromatic nitrogens is 3. The van der Waals surface area contributed by atoms with Crippen LogP contribution in [0.25, 0.3) is 0 Å². The summed E-state index contributed by atoms with van der Waals surface area (Å²) >= 11 is 3.49. The summed E-state index contributed by atoms with van der Waals surface area (Å²) in [6.07, 6.45) is 2.23. The highest BCUT2D eigenvalue weighted by Gasteiger charge is 2.17. The summed E-state index contributed by atoms with van der Waals surface area (Å²) in [5, 5.41) is 7.55. The first kappa shape index (κ1) is 15.1. The largest absolute Gasteiger partial charge is 0.310 e. The smallest absolute Gasteiger partial charge is 0.138 e. The Bertz CT molecular complexity index is 570. The fourth-order valence-corrected chi connectivity index (χ4v) is 2.74. The summed E-state index contributed by atoms with van der Waals surface area (Å²) in [4.78, 5) is 4.29. The quantitative estimate of drug-likeness (QED) is 0.878. The molecule has 0 radical (unpaired) electrons. The molecule has 1 heterocycles. The van der Waals surface area contributed by atoms with Crippen molar-refractivity contribution in [2.24, 2.45) is 0 Å². The highest BCUT2D eigenvalue weighted by molar-refractivity contribution is 9.10. The van der Waals surface area contributed by atoms with Crippen LogP contribution in [0.15, 0.2) is 29.0 Å². The molecule has 1 unspecified atom stereocenters. The molecule has 4 nitrogen and oxygen atoms in total. The lowest BCUT2D eigenvalue weighted by Gasteiger charge is -2.19. The number of rotatable bonds is 6. The fraction of sp³-hybridized carbons (Fsp3) is 0.429. The van der Waals surface area contributed by atoms with Crippen LogP contribution in [0, 0.1) is 5.82 Å². The molecule has 0 spiro atoms. The van der Waals surface area contributed by atoms with Crippen LogP contribution in [0.5, 0.6) is 0 Å². The average molecular weight is 341 g/mol. The topological polar surface area (TPSA) is 42.7 Å². The van der Waals surface area contributed by atoms with Crippen molar-refractivity contribution in [3.05, 3.63) is 46.2 Å². The van der Waals surface area contributed by atoms with Crippen molar-refractivity contribution in [1.82, 2.24) is 20.1 Å². The van der Waals surface area contributed by atoms with E-state index in [9.17, 15) is 4.39 Å². The Morgan fingerprint density at radius 3 is 2.90 bits per heavy atom. The summed E-state index contributed by atoms with van der Waals surface area (Å²) < 4.78 is 16.2. The third-order valence-corrected chi connectivity index (χ3v) is 3.89. The molecule has 0 aliphatic rings. The molecular formula is C14H18BrFN4. The van der Waals surface area contributed by atoms with Crippen LogP contribution in [-0.2, 0) is 13.0 Å². The number of aryl methyl sites for hydroxylation is 1. The van der Waals surface area contributed by atoms with Crippen LogP contribution in [0.2, 0.25) is 0 Å². The second-order valence-electron chi connectivity index (χ2n) is 4.47. The molecule has 2 aromatic rings. The normalized spacial score (nSPS) is 12.6. The maximum absolute atomic E-state index is 13.5. The van der Waals surface area contributed by atoms with Crippen molar-refractivity contribution in [3.8, 4) is 0 Å². The third kappa shape index (κ3) is 3.43. The highest BCUT2D eigenvalue weighted by Crippen LogP contribution is 2.26. The van der Waals surface area contributed by atoms with Gasteiger partial charge in [-0.15, -0.1) is 0 Å². The summed E-state index contributed by atoms with van der Waals surface area (Å²) in [7, 11) is 0. The van der Waals surface area contributed by atoms with Gasteiger partial charge in [-0.3, -0.25) is 4.68 Å². The lowest BCUT2D eigenvalue weighted by atomic mass is 10.0. The maximum Gasteiger partial charge on any atom is 0.138 e. The van der Waals surface area contributed by atoms with Crippen LogP contribution in [0.3, 0.4) is 0 Å². The van der Waals surface area contributed by atoms with E-state index in [1.807, 2.05) is 18.5 Å². The SMILES string of the molecule is CCNC(Cc1ncnn1CC)c1cc(F)ccc1Br. The number of nitrogens with zero attached hydrogens (tertiary/aromatic N) is 3. The molecule has 20 heavy (non-hydrogen) atoms. The van der Waals surface area contributed by atoms with Crippen molar-refractivity contribution in [1.29, 1.82) is 0 Å². The minimum Gasteiger partial charge on any atom is -0.310 e. The molecule has 1 atom stereocenters. The predicted molar refractivity (Wildman–Crippen MR) is 79.9 cm³/mol. The van der Waals surface area contributed by atoms with E-state index in [4.69, 9.17) is 0 Å². The Kier molecular flexibility index (Phi) is 5.25. The van der Waals surface area contributed by atoms with Gasteiger partial charge >= 0.3 is 0 Å². The molecule has 0 aliphatic heterocycles. The molecule has 1 aromatic carbocycles. The molecule has 1 aromatic heterocycles. The van der Waals surface area contributed by atoms with E-state index < -0.39 is 0 Å². The van der Waals surface area contributed by atoms with Crippen molar-refractivity contribution < 1.29 is 4.39 Å². The van der Waals surface area contributed by atoms with Crippen molar-refractivity contribution in [2.45, 2.75) is 32.9 Å². The molecule has 1 N–H and O–H groups in total. The fourth-order valence-electron chi connectivity index (χ4n) is 2.21. The Hall–Kier alpha value is -1.27. The predicted octanol–water partition coefficient (Wildman–Crippen LogP) is 3.09. The van der Waals surface area contributed by atoms with Gasteiger partial charge in [0.25, 0.3) is 0 Å². The van der Waals surface area contributed by atoms with Gasteiger partial charge in [-0.05, 0) is 37.2 Å². The first-order valence-corrected chi connectivity index (χ1v) is 7.50. The van der Waals surface area contributed by atoms with Crippen molar-refractivity contribution in [3.63, 3.8) is 0 Å². The van der Waals surface area contributed by atoms with Crippen molar-refractivity contribution in [2.75, 3.05) is 6.54 Å². The van der Waals surface area contributed by atoms with E-state index in [1.54, 1.807) is 18.5 Å². The van der Waals surface area contributed by atoms with E-state index in [0.717, 1.165) is 29.0 Å². The molecule has 0 fully saturated rings. The summed E-state index contributed by atoms with van der Waals surface area (Å²) in [5.74, 6) is 0.665. The first-order chi connectivity index (χ1) is 9.65. The Balaban J connectivity index is 2.29. The number of likely N-dealkylation sites (N-methyl/N-ethyl adjacent to an activating group) is 1. The second-order valence-corrected chi connectivity index (χ2v) is 5.33. The van der Waals surface area contributed by atoms with Crippen molar-refractivity contribution >= 4 is 15.9 Å². The Morgan fingerprint density at radius 1 is 1.40 bits per heavy atom. The number of nitrogens with one attached hydrogen (secondary N) is 1. The number of halogens is 2. The minimum atomic E-state index is -0.233. The number of hydrogen-bond acceptors (Lipinski definition) is 3. The van der Waals surface area contributed by atoms with E-state index >= 15 is 0 Å². The molecule has 0 saturated heterocycles. The monoisotopic (exact) mass is 340 g/mol. The van der Waals surface area contributed by atoms with Gasteiger partial charge in [0, 0.05) is 23.5 Å². The van der Waals surface area contributed by atoms with Crippen LogP contribution >= 0.6 is 15.9 Å². The summed E-state index contributed by atoms with van der Waals surface area (Å²) in [6.45, 7) is 5.63. The number of hydrogen-bond donors (Lipinski definition) is 1. The molecular weight excluding hydrogens is 323 g/mol. The van der Waals surface area contributed by atoms with Gasteiger partial charge in [-0.1, -0.05) is 22.9 Å². The molecule has 108 valence electrons. The van der Waals surface area contributed by atoms with Gasteiger partial charge in [-0.25, -0.2) is 9.37 Å². The standard InChI is InChI=1S/C14H18BrFN4/c1-3-17-13(8-14-18-9-19-20(14)4-2)11-7-10(16)5-6-12(11)15/h5-7,9,13,17H,3-4,8H2,1-2H3. The molecule has 0 aliphatic carbocycles. The lowest BCUT2D eigenvalue weighted by molar-refractivity contribution is 0.504. The molecule has 6 heteroatoms. The average Bonchev–Trinajstić information content (AvgIpc) is 2.88. The van der Waals surface area contributed by atoms with E-state index in [-0.39, 0.29) is 11.9 Å². The minimum absolute atomic E-state index is 0.000394. The van der Waals surface area contributed by atoms with Gasteiger partial charge in [0.1, 0.15) is 18.0 Å². The van der Waals surface area contributed by atoms with E-state index in [2.05, 4.69) is 31.3 Å². The first-order valence-electron chi connectivity index (χ1n) is 6.70. The van der Waals surface area contributed by atoms with Crippen LogP contribution in [-0.4, -0.2) is 21.3 Å². The maximum atomic E-state index is 13.5. The van der Waals surface area contributed by atoms with Crippen LogP contribution in [0.1, 0.15) is 31.3 Å².